The fourth-order valence-corrected chi connectivity index (χ4v) is 0.781. The number of hydrogen-bond donors (Lipinski definition) is 2. The molecular weight excluding hydrogens is 124 g/mol. The van der Waals surface area contributed by atoms with Crippen LogP contribution in [0.5, 0.6) is 0 Å². The maximum absolute atomic E-state index is 3.21. The lowest BCUT2D eigenvalue weighted by molar-refractivity contribution is 0.340. The van der Waals surface area contributed by atoms with Gasteiger partial charge in [-0.1, -0.05) is 0 Å². The molecule has 0 aromatic heterocycles. The van der Waals surface area contributed by atoms with E-state index in [0.717, 1.165) is 5.92 Å². The van der Waals surface area contributed by atoms with Crippen molar-refractivity contribution in [1.29, 1.82) is 0 Å². The van der Waals surface area contributed by atoms with E-state index in [2.05, 4.69) is 10.6 Å². The molecule has 1 aliphatic rings. The van der Waals surface area contributed by atoms with Crippen LogP contribution in [0.1, 0.15) is 0 Å². The second kappa shape index (κ2) is 4.13. The van der Waals surface area contributed by atoms with Crippen LogP contribution < -0.4 is 10.6 Å². The summed E-state index contributed by atoms with van der Waals surface area (Å²) >= 11 is 0. The van der Waals surface area contributed by atoms with Gasteiger partial charge in [0.05, 0.1) is 0 Å². The van der Waals surface area contributed by atoms with E-state index < -0.39 is 0 Å². The molecule has 0 aliphatic carbocycles. The van der Waals surface area contributed by atoms with Gasteiger partial charge in [-0.2, -0.15) is 0 Å². The molecule has 1 heterocycles. The first-order chi connectivity index (χ1) is 3.43. The highest BCUT2D eigenvalue weighted by Gasteiger charge is 2.13. The first-order valence-corrected chi connectivity index (χ1v) is 2.79. The van der Waals surface area contributed by atoms with Gasteiger partial charge in [-0.3, -0.25) is 0 Å². The van der Waals surface area contributed by atoms with Gasteiger partial charge < -0.3 is 10.6 Å². The fourth-order valence-electron chi connectivity index (χ4n) is 0.781. The molecule has 2 N–H and O–H groups in total. The molecule has 0 aromatic rings. The van der Waals surface area contributed by atoms with Crippen LogP contribution in [0.4, 0.5) is 0 Å². The Hall–Kier alpha value is 0.210. The highest BCUT2D eigenvalue weighted by molar-refractivity contribution is 5.85. The Morgan fingerprint density at radius 2 is 2.25 bits per heavy atom. The van der Waals surface area contributed by atoms with Gasteiger partial charge in [-0.05, 0) is 13.0 Å². The zero-order valence-electron chi connectivity index (χ0n) is 5.11. The van der Waals surface area contributed by atoms with Crippen molar-refractivity contribution >= 4 is 12.4 Å². The Morgan fingerprint density at radius 1 is 1.62 bits per heavy atom. The zero-order chi connectivity index (χ0) is 5.11. The topological polar surface area (TPSA) is 24.1 Å². The van der Waals surface area contributed by atoms with Crippen molar-refractivity contribution in [3.8, 4) is 0 Å². The third-order valence-corrected chi connectivity index (χ3v) is 1.36. The lowest BCUT2D eigenvalue weighted by Crippen LogP contribution is -2.46. The van der Waals surface area contributed by atoms with E-state index in [9.17, 15) is 0 Å². The third kappa shape index (κ3) is 1.99. The molecule has 0 spiro atoms. The maximum Gasteiger partial charge on any atom is 0.000394 e. The first kappa shape index (κ1) is 8.21. The highest BCUT2D eigenvalue weighted by atomic mass is 35.5. The lowest BCUT2D eigenvalue weighted by Gasteiger charge is -2.26. The van der Waals surface area contributed by atoms with Crippen LogP contribution in [-0.2, 0) is 0 Å². The Bertz CT molecular complexity index is 54.4. The predicted octanol–water partition coefficient (Wildman–Crippen LogP) is -0.153. The van der Waals surface area contributed by atoms with Crippen molar-refractivity contribution in [3.05, 3.63) is 0 Å². The van der Waals surface area contributed by atoms with E-state index in [1.54, 1.807) is 0 Å². The van der Waals surface area contributed by atoms with Crippen molar-refractivity contribution < 1.29 is 0 Å². The molecule has 0 saturated carbocycles. The van der Waals surface area contributed by atoms with Crippen LogP contribution >= 0.6 is 12.4 Å². The van der Waals surface area contributed by atoms with E-state index >= 15 is 0 Å². The Kier molecular flexibility index (Phi) is 4.23. The molecule has 0 radical (unpaired) electrons. The fraction of sp³-hybridized carbons (Fsp3) is 1.00. The van der Waals surface area contributed by atoms with Gasteiger partial charge in [-0.15, -0.1) is 12.4 Å². The molecule has 3 heteroatoms. The molecule has 1 aliphatic heterocycles. The maximum atomic E-state index is 3.21. The van der Waals surface area contributed by atoms with Gasteiger partial charge in [0, 0.05) is 19.6 Å². The van der Waals surface area contributed by atoms with Crippen LogP contribution in [0.3, 0.4) is 0 Å². The molecule has 0 unspecified atom stereocenters. The minimum atomic E-state index is 0. The van der Waals surface area contributed by atoms with Crippen LogP contribution in [0, 0.1) is 5.92 Å². The largest absolute Gasteiger partial charge is 0.319 e. The summed E-state index contributed by atoms with van der Waals surface area (Å²) in [6.45, 7) is 3.59. The summed E-state index contributed by atoms with van der Waals surface area (Å²) in [6, 6.07) is 0. The minimum absolute atomic E-state index is 0. The van der Waals surface area contributed by atoms with E-state index in [0.29, 0.717) is 0 Å². The van der Waals surface area contributed by atoms with Crippen molar-refractivity contribution in [1.82, 2.24) is 10.6 Å². The summed E-state index contributed by atoms with van der Waals surface area (Å²) in [7, 11) is 2.00. The summed E-state index contributed by atoms with van der Waals surface area (Å²) in [5.74, 6) is 0.907. The SMILES string of the molecule is CNCC1CNC1.Cl. The van der Waals surface area contributed by atoms with Crippen LogP contribution in [0.15, 0.2) is 0 Å². The monoisotopic (exact) mass is 136 g/mol. The van der Waals surface area contributed by atoms with Gasteiger partial charge in [0.25, 0.3) is 0 Å². The quantitative estimate of drug-likeness (QED) is 0.552. The third-order valence-electron chi connectivity index (χ3n) is 1.36. The highest BCUT2D eigenvalue weighted by Crippen LogP contribution is 1.98. The summed E-state index contributed by atoms with van der Waals surface area (Å²) in [6.07, 6.45) is 0. The normalized spacial score (nSPS) is 19.1. The van der Waals surface area contributed by atoms with Gasteiger partial charge in [0.1, 0.15) is 0 Å². The lowest BCUT2D eigenvalue weighted by atomic mass is 10.0. The smallest absolute Gasteiger partial charge is 0.000394 e. The van der Waals surface area contributed by atoms with E-state index in [1.165, 1.54) is 19.6 Å². The molecular formula is C5H13ClN2. The summed E-state index contributed by atoms with van der Waals surface area (Å²) in [5, 5.41) is 6.34. The summed E-state index contributed by atoms with van der Waals surface area (Å²) in [4.78, 5) is 0. The Balaban J connectivity index is 0.000000490. The Morgan fingerprint density at radius 3 is 2.38 bits per heavy atom. The molecule has 2 nitrogen and oxygen atoms in total. The molecule has 1 saturated heterocycles. The van der Waals surface area contributed by atoms with Gasteiger partial charge >= 0.3 is 0 Å². The van der Waals surface area contributed by atoms with Gasteiger partial charge in [0.15, 0.2) is 0 Å². The summed E-state index contributed by atoms with van der Waals surface area (Å²) in [5.41, 5.74) is 0. The number of hydrogen-bond acceptors (Lipinski definition) is 2. The second-order valence-corrected chi connectivity index (χ2v) is 2.08. The summed E-state index contributed by atoms with van der Waals surface area (Å²) < 4.78 is 0. The average molecular weight is 137 g/mol. The molecule has 0 amide bonds. The number of rotatable bonds is 2. The van der Waals surface area contributed by atoms with Gasteiger partial charge in [-0.25, -0.2) is 0 Å². The minimum Gasteiger partial charge on any atom is -0.319 e. The molecule has 0 bridgehead atoms. The first-order valence-electron chi connectivity index (χ1n) is 2.79. The predicted molar refractivity (Wildman–Crippen MR) is 37.5 cm³/mol. The standard InChI is InChI=1S/C5H12N2.ClH/c1-6-2-5-3-7-4-5;/h5-7H,2-4H2,1H3;1H. The van der Waals surface area contributed by atoms with Crippen LogP contribution in [0.25, 0.3) is 0 Å². The van der Waals surface area contributed by atoms with Crippen molar-refractivity contribution in [2.24, 2.45) is 5.92 Å². The van der Waals surface area contributed by atoms with Crippen molar-refractivity contribution in [2.45, 2.75) is 0 Å². The van der Waals surface area contributed by atoms with Crippen molar-refractivity contribution in [3.63, 3.8) is 0 Å². The number of nitrogens with one attached hydrogen (secondary N) is 2. The average Bonchev–Trinajstić information content (AvgIpc) is 1.55. The molecule has 50 valence electrons. The second-order valence-electron chi connectivity index (χ2n) is 2.08. The van der Waals surface area contributed by atoms with Crippen molar-refractivity contribution in [2.75, 3.05) is 26.7 Å². The van der Waals surface area contributed by atoms with Crippen LogP contribution in [-0.4, -0.2) is 26.7 Å². The van der Waals surface area contributed by atoms with E-state index in [1.807, 2.05) is 7.05 Å². The molecule has 8 heavy (non-hydrogen) atoms. The molecule has 1 rings (SSSR count). The molecule has 0 aromatic carbocycles. The molecule has 0 atom stereocenters. The zero-order valence-corrected chi connectivity index (χ0v) is 5.92. The molecule has 1 fully saturated rings. The van der Waals surface area contributed by atoms with Crippen LogP contribution in [0.2, 0.25) is 0 Å². The Labute approximate surface area is 56.4 Å². The van der Waals surface area contributed by atoms with E-state index in [4.69, 9.17) is 0 Å². The van der Waals surface area contributed by atoms with E-state index in [-0.39, 0.29) is 12.4 Å². The number of halogens is 1. The van der Waals surface area contributed by atoms with Gasteiger partial charge in [0.2, 0.25) is 0 Å².